The van der Waals surface area contributed by atoms with Gasteiger partial charge in [-0.3, -0.25) is 5.10 Å². The lowest BCUT2D eigenvalue weighted by Gasteiger charge is -2.11. The first-order chi connectivity index (χ1) is 8.09. The lowest BCUT2D eigenvalue weighted by Crippen LogP contribution is -2.04. The summed E-state index contributed by atoms with van der Waals surface area (Å²) in [7, 11) is 0. The molecule has 0 spiro atoms. The van der Waals surface area contributed by atoms with Crippen LogP contribution in [0.2, 0.25) is 0 Å². The van der Waals surface area contributed by atoms with Gasteiger partial charge >= 0.3 is 0 Å². The van der Waals surface area contributed by atoms with Crippen LogP contribution in [0, 0.1) is 5.82 Å². The van der Waals surface area contributed by atoms with E-state index in [0.717, 1.165) is 0 Å². The van der Waals surface area contributed by atoms with Crippen LogP contribution >= 0.6 is 15.9 Å². The fourth-order valence-electron chi connectivity index (χ4n) is 1.60. The van der Waals surface area contributed by atoms with Crippen LogP contribution in [0.25, 0.3) is 0 Å². The Morgan fingerprint density at radius 2 is 2.29 bits per heavy atom. The van der Waals surface area contributed by atoms with E-state index < -0.39 is 6.10 Å². The van der Waals surface area contributed by atoms with Gasteiger partial charge in [0, 0.05) is 12.0 Å². The Morgan fingerprint density at radius 3 is 2.94 bits per heavy atom. The largest absolute Gasteiger partial charge is 0.388 e. The molecular formula is C11H11BrFN3O. The number of nitrogens with two attached hydrogens (primary N) is 1. The van der Waals surface area contributed by atoms with E-state index in [-0.39, 0.29) is 12.2 Å². The minimum Gasteiger partial charge on any atom is -0.388 e. The number of aliphatic hydroxyl groups excluding tert-OH is 1. The number of aromatic amines is 1. The number of hydrogen-bond donors (Lipinski definition) is 3. The van der Waals surface area contributed by atoms with E-state index in [0.29, 0.717) is 21.4 Å². The van der Waals surface area contributed by atoms with Crippen molar-refractivity contribution in [1.29, 1.82) is 0 Å². The Hall–Kier alpha value is -1.40. The van der Waals surface area contributed by atoms with Gasteiger partial charge < -0.3 is 10.8 Å². The maximum atomic E-state index is 13.3. The molecule has 4 N–H and O–H groups in total. The van der Waals surface area contributed by atoms with Gasteiger partial charge in [0.1, 0.15) is 11.6 Å². The Kier molecular flexibility index (Phi) is 3.44. The molecule has 2 aromatic rings. The zero-order valence-electron chi connectivity index (χ0n) is 8.82. The molecule has 0 aliphatic carbocycles. The monoisotopic (exact) mass is 299 g/mol. The van der Waals surface area contributed by atoms with Crippen LogP contribution in [-0.2, 0) is 6.42 Å². The standard InChI is InChI=1S/C11H11BrFN3O/c12-10-6(2-1-3-8(10)13)4-9(17)7-5-15-16-11(7)14/h1-3,5,9,17H,4H2,(H3,14,15,16). The minimum atomic E-state index is -0.813. The SMILES string of the molecule is Nc1[nH]ncc1C(O)Cc1cccc(F)c1Br. The molecule has 1 atom stereocenters. The summed E-state index contributed by atoms with van der Waals surface area (Å²) in [6.07, 6.45) is 0.918. The lowest BCUT2D eigenvalue weighted by atomic mass is 10.0. The highest BCUT2D eigenvalue weighted by atomic mass is 79.9. The molecule has 1 aromatic carbocycles. The highest BCUT2D eigenvalue weighted by Crippen LogP contribution is 2.27. The van der Waals surface area contributed by atoms with E-state index in [1.165, 1.54) is 12.3 Å². The van der Waals surface area contributed by atoms with Crippen LogP contribution < -0.4 is 5.73 Å². The maximum absolute atomic E-state index is 13.3. The van der Waals surface area contributed by atoms with E-state index >= 15 is 0 Å². The van der Waals surface area contributed by atoms with Gasteiger partial charge in [0.15, 0.2) is 0 Å². The molecule has 2 rings (SSSR count). The Balaban J connectivity index is 2.22. The number of hydrogen-bond acceptors (Lipinski definition) is 3. The summed E-state index contributed by atoms with van der Waals surface area (Å²) in [5.74, 6) is -0.0279. The van der Waals surface area contributed by atoms with Gasteiger partial charge in [0.25, 0.3) is 0 Å². The molecule has 0 saturated carbocycles. The van der Waals surface area contributed by atoms with Gasteiger partial charge in [0.2, 0.25) is 0 Å². The molecule has 90 valence electrons. The molecule has 0 saturated heterocycles. The second-order valence-electron chi connectivity index (χ2n) is 3.67. The molecule has 0 bridgehead atoms. The topological polar surface area (TPSA) is 74.9 Å². The molecule has 6 heteroatoms. The molecule has 0 radical (unpaired) electrons. The first kappa shape index (κ1) is 12.1. The van der Waals surface area contributed by atoms with Crippen molar-refractivity contribution in [3.8, 4) is 0 Å². The molecular weight excluding hydrogens is 289 g/mol. The fraction of sp³-hybridized carbons (Fsp3) is 0.182. The van der Waals surface area contributed by atoms with Crippen LogP contribution in [0.15, 0.2) is 28.9 Å². The van der Waals surface area contributed by atoms with Crippen molar-refractivity contribution in [3.63, 3.8) is 0 Å². The molecule has 1 heterocycles. The van der Waals surface area contributed by atoms with Crippen molar-refractivity contribution in [3.05, 3.63) is 45.8 Å². The van der Waals surface area contributed by atoms with Crippen molar-refractivity contribution in [2.75, 3.05) is 5.73 Å². The highest BCUT2D eigenvalue weighted by Gasteiger charge is 2.16. The van der Waals surface area contributed by atoms with E-state index in [1.807, 2.05) is 0 Å². The van der Waals surface area contributed by atoms with Gasteiger partial charge in [-0.2, -0.15) is 5.10 Å². The molecule has 0 aliphatic heterocycles. The number of nitrogens with one attached hydrogen (secondary N) is 1. The normalized spacial score (nSPS) is 12.6. The molecule has 1 unspecified atom stereocenters. The van der Waals surface area contributed by atoms with Gasteiger partial charge in [0.05, 0.1) is 16.8 Å². The fourth-order valence-corrected chi connectivity index (χ4v) is 2.02. The Labute approximate surface area is 106 Å². The first-order valence-corrected chi connectivity index (χ1v) is 5.78. The third-order valence-corrected chi connectivity index (χ3v) is 3.39. The third-order valence-electron chi connectivity index (χ3n) is 2.50. The number of aromatic nitrogens is 2. The molecule has 0 aliphatic rings. The lowest BCUT2D eigenvalue weighted by molar-refractivity contribution is 0.179. The van der Waals surface area contributed by atoms with E-state index in [9.17, 15) is 9.50 Å². The van der Waals surface area contributed by atoms with Crippen molar-refractivity contribution >= 4 is 21.7 Å². The number of nitrogen functional groups attached to an aromatic ring is 1. The van der Waals surface area contributed by atoms with Gasteiger partial charge in [-0.25, -0.2) is 4.39 Å². The van der Waals surface area contributed by atoms with Crippen LogP contribution in [0.1, 0.15) is 17.2 Å². The summed E-state index contributed by atoms with van der Waals surface area (Å²) in [6.45, 7) is 0. The zero-order valence-corrected chi connectivity index (χ0v) is 10.4. The molecule has 4 nitrogen and oxygen atoms in total. The summed E-state index contributed by atoms with van der Waals surface area (Å²) in [6, 6.07) is 4.69. The second kappa shape index (κ2) is 4.85. The number of anilines is 1. The summed E-state index contributed by atoms with van der Waals surface area (Å²) in [4.78, 5) is 0. The molecule has 0 fully saturated rings. The quantitative estimate of drug-likeness (QED) is 0.813. The Bertz CT molecular complexity index is 529. The number of aliphatic hydroxyl groups is 1. The summed E-state index contributed by atoms with van der Waals surface area (Å²) in [5, 5.41) is 16.2. The predicted molar refractivity (Wildman–Crippen MR) is 65.8 cm³/mol. The number of rotatable bonds is 3. The Morgan fingerprint density at radius 1 is 1.53 bits per heavy atom. The van der Waals surface area contributed by atoms with Gasteiger partial charge in [-0.1, -0.05) is 12.1 Å². The van der Waals surface area contributed by atoms with E-state index in [1.54, 1.807) is 12.1 Å². The van der Waals surface area contributed by atoms with Crippen molar-refractivity contribution < 1.29 is 9.50 Å². The van der Waals surface area contributed by atoms with Crippen LogP contribution in [0.4, 0.5) is 10.2 Å². The van der Waals surface area contributed by atoms with Crippen molar-refractivity contribution in [2.45, 2.75) is 12.5 Å². The molecule has 1 aromatic heterocycles. The molecule has 17 heavy (non-hydrogen) atoms. The molecule has 0 amide bonds. The van der Waals surface area contributed by atoms with Gasteiger partial charge in [-0.15, -0.1) is 0 Å². The smallest absolute Gasteiger partial charge is 0.137 e. The summed E-state index contributed by atoms with van der Waals surface area (Å²) >= 11 is 3.15. The van der Waals surface area contributed by atoms with Gasteiger partial charge in [-0.05, 0) is 27.6 Å². The van der Waals surface area contributed by atoms with Crippen LogP contribution in [0.5, 0.6) is 0 Å². The summed E-state index contributed by atoms with van der Waals surface area (Å²) in [5.41, 5.74) is 6.79. The number of nitrogens with zero attached hydrogens (tertiary/aromatic N) is 1. The minimum absolute atomic E-state index is 0.266. The van der Waals surface area contributed by atoms with Crippen LogP contribution in [-0.4, -0.2) is 15.3 Å². The van der Waals surface area contributed by atoms with Crippen molar-refractivity contribution in [1.82, 2.24) is 10.2 Å². The number of H-pyrrole nitrogens is 1. The maximum Gasteiger partial charge on any atom is 0.137 e. The number of halogens is 2. The predicted octanol–water partition coefficient (Wildman–Crippen LogP) is 2.17. The first-order valence-electron chi connectivity index (χ1n) is 4.99. The number of benzene rings is 1. The van der Waals surface area contributed by atoms with Crippen molar-refractivity contribution in [2.24, 2.45) is 0 Å². The zero-order chi connectivity index (χ0) is 12.4. The average Bonchev–Trinajstić information content (AvgIpc) is 2.71. The van der Waals surface area contributed by atoms with Crippen LogP contribution in [0.3, 0.4) is 0 Å². The van der Waals surface area contributed by atoms with E-state index in [2.05, 4.69) is 26.1 Å². The van der Waals surface area contributed by atoms with E-state index in [4.69, 9.17) is 5.73 Å². The summed E-state index contributed by atoms with van der Waals surface area (Å²) < 4.78 is 13.6. The third kappa shape index (κ3) is 2.48. The average molecular weight is 300 g/mol. The highest BCUT2D eigenvalue weighted by molar-refractivity contribution is 9.10. The second-order valence-corrected chi connectivity index (χ2v) is 4.46.